The second-order valence-electron chi connectivity index (χ2n) is 6.96. The highest BCUT2D eigenvalue weighted by Gasteiger charge is 2.34. The standard InChI is InChI=1S/C20H22NO/c1-20(2)12-6-7-15-10-11-16-13-21(14-22-19(16)18(15)20)17-8-4-3-5-9-17/h3-5,8-11,13H,6-7,12,14H2,1-2H3/q+1. The van der Waals surface area contributed by atoms with Gasteiger partial charge in [0, 0.05) is 17.7 Å². The number of rotatable bonds is 1. The van der Waals surface area contributed by atoms with Crippen molar-refractivity contribution in [2.24, 2.45) is 0 Å². The summed E-state index contributed by atoms with van der Waals surface area (Å²) in [6, 6.07) is 14.9. The maximum Gasteiger partial charge on any atom is 0.292 e. The molecule has 0 fully saturated rings. The van der Waals surface area contributed by atoms with Crippen molar-refractivity contribution in [1.82, 2.24) is 0 Å². The molecule has 0 radical (unpaired) electrons. The second kappa shape index (κ2) is 4.98. The van der Waals surface area contributed by atoms with Crippen LogP contribution in [0.5, 0.6) is 5.75 Å². The molecule has 2 aromatic carbocycles. The lowest BCUT2D eigenvalue weighted by atomic mass is 9.71. The van der Waals surface area contributed by atoms with Crippen LogP contribution < -0.4 is 4.74 Å². The molecular formula is C20H22NO+. The summed E-state index contributed by atoms with van der Waals surface area (Å²) in [5.74, 6) is 1.11. The Kier molecular flexibility index (Phi) is 3.07. The highest BCUT2D eigenvalue weighted by Crippen LogP contribution is 2.44. The van der Waals surface area contributed by atoms with Crippen molar-refractivity contribution in [1.29, 1.82) is 0 Å². The fourth-order valence-electron chi connectivity index (χ4n) is 3.80. The van der Waals surface area contributed by atoms with Gasteiger partial charge in [0.25, 0.3) is 6.73 Å². The minimum atomic E-state index is 0.210. The molecule has 2 heteroatoms. The van der Waals surface area contributed by atoms with Crippen LogP contribution in [0.15, 0.2) is 42.5 Å². The van der Waals surface area contributed by atoms with Crippen molar-refractivity contribution in [2.75, 3.05) is 6.73 Å². The lowest BCUT2D eigenvalue weighted by Crippen LogP contribution is -2.29. The van der Waals surface area contributed by atoms with E-state index >= 15 is 0 Å². The van der Waals surface area contributed by atoms with Gasteiger partial charge < -0.3 is 4.74 Å². The monoisotopic (exact) mass is 292 g/mol. The van der Waals surface area contributed by atoms with Gasteiger partial charge in [-0.2, -0.15) is 4.58 Å². The third-order valence-electron chi connectivity index (χ3n) is 4.93. The zero-order valence-electron chi connectivity index (χ0n) is 13.3. The van der Waals surface area contributed by atoms with Crippen molar-refractivity contribution in [3.8, 4) is 5.75 Å². The van der Waals surface area contributed by atoms with Gasteiger partial charge in [0.05, 0.1) is 5.56 Å². The quantitative estimate of drug-likeness (QED) is 0.709. The number of nitrogens with zero attached hydrogens (tertiary/aromatic N) is 1. The average Bonchev–Trinajstić information content (AvgIpc) is 2.54. The molecular weight excluding hydrogens is 270 g/mol. The van der Waals surface area contributed by atoms with Gasteiger partial charge in [0.15, 0.2) is 6.21 Å². The van der Waals surface area contributed by atoms with E-state index < -0.39 is 0 Å². The van der Waals surface area contributed by atoms with E-state index in [0.717, 1.165) is 5.75 Å². The molecule has 0 aromatic heterocycles. The molecule has 2 nitrogen and oxygen atoms in total. The molecule has 2 aromatic rings. The maximum atomic E-state index is 6.22. The number of fused-ring (bicyclic) bond motifs is 3. The molecule has 1 heterocycles. The summed E-state index contributed by atoms with van der Waals surface area (Å²) in [5, 5.41) is 0. The highest BCUT2D eigenvalue weighted by atomic mass is 16.5. The van der Waals surface area contributed by atoms with Crippen LogP contribution >= 0.6 is 0 Å². The molecule has 0 unspecified atom stereocenters. The van der Waals surface area contributed by atoms with Crippen molar-refractivity contribution in [2.45, 2.75) is 38.5 Å². The van der Waals surface area contributed by atoms with E-state index in [9.17, 15) is 0 Å². The van der Waals surface area contributed by atoms with Gasteiger partial charge in [-0.3, -0.25) is 0 Å². The van der Waals surface area contributed by atoms with E-state index in [1.165, 1.54) is 41.6 Å². The van der Waals surface area contributed by atoms with Crippen LogP contribution in [0.3, 0.4) is 0 Å². The summed E-state index contributed by atoms with van der Waals surface area (Å²) in [6.07, 6.45) is 5.91. The largest absolute Gasteiger partial charge is 0.435 e. The van der Waals surface area contributed by atoms with Gasteiger partial charge in [-0.25, -0.2) is 0 Å². The smallest absolute Gasteiger partial charge is 0.292 e. The van der Waals surface area contributed by atoms with Gasteiger partial charge in [-0.15, -0.1) is 0 Å². The third-order valence-corrected chi connectivity index (χ3v) is 4.93. The first-order valence-electron chi connectivity index (χ1n) is 8.11. The summed E-state index contributed by atoms with van der Waals surface area (Å²) in [6.45, 7) is 5.28. The van der Waals surface area contributed by atoms with Gasteiger partial charge in [0.1, 0.15) is 5.75 Å². The molecule has 1 aliphatic carbocycles. The van der Waals surface area contributed by atoms with E-state index in [0.29, 0.717) is 6.73 Å². The Morgan fingerprint density at radius 3 is 2.68 bits per heavy atom. The first-order chi connectivity index (χ1) is 10.6. The molecule has 4 rings (SSSR count). The summed E-state index contributed by atoms with van der Waals surface area (Å²) >= 11 is 0. The van der Waals surface area contributed by atoms with Gasteiger partial charge >= 0.3 is 0 Å². The Morgan fingerprint density at radius 2 is 1.86 bits per heavy atom. The number of aryl methyl sites for hydroxylation is 1. The van der Waals surface area contributed by atoms with Gasteiger partial charge in [-0.1, -0.05) is 38.1 Å². The SMILES string of the molecule is CC1(C)CCCc2ccc3c(c21)OC[N+](c1ccccc1)=C3. The van der Waals surface area contributed by atoms with Crippen LogP contribution in [0.2, 0.25) is 0 Å². The zero-order valence-corrected chi connectivity index (χ0v) is 13.3. The number of benzene rings is 2. The van der Waals surface area contributed by atoms with Gasteiger partial charge in [-0.05, 0) is 36.3 Å². The van der Waals surface area contributed by atoms with Crippen LogP contribution in [0.1, 0.15) is 43.4 Å². The highest BCUT2D eigenvalue weighted by molar-refractivity contribution is 5.83. The fourth-order valence-corrected chi connectivity index (χ4v) is 3.80. The Hall–Kier alpha value is -2.09. The fraction of sp³-hybridized carbons (Fsp3) is 0.350. The lowest BCUT2D eigenvalue weighted by Gasteiger charge is -2.35. The minimum absolute atomic E-state index is 0.210. The molecule has 0 saturated carbocycles. The van der Waals surface area contributed by atoms with Crippen molar-refractivity contribution < 1.29 is 9.31 Å². The predicted molar refractivity (Wildman–Crippen MR) is 89.4 cm³/mol. The second-order valence-corrected chi connectivity index (χ2v) is 6.96. The number of hydrogen-bond donors (Lipinski definition) is 0. The van der Waals surface area contributed by atoms with E-state index in [-0.39, 0.29) is 5.41 Å². The summed E-state index contributed by atoms with van der Waals surface area (Å²) in [7, 11) is 0. The molecule has 0 saturated heterocycles. The maximum absolute atomic E-state index is 6.22. The Bertz CT molecular complexity index is 744. The molecule has 2 aliphatic rings. The van der Waals surface area contributed by atoms with E-state index in [4.69, 9.17) is 4.74 Å². The van der Waals surface area contributed by atoms with Crippen LogP contribution in [-0.4, -0.2) is 17.5 Å². The first-order valence-corrected chi connectivity index (χ1v) is 8.11. The normalized spacial score (nSPS) is 18.7. The van der Waals surface area contributed by atoms with Crippen LogP contribution in [0.25, 0.3) is 0 Å². The molecule has 112 valence electrons. The predicted octanol–water partition coefficient (Wildman–Crippen LogP) is 4.41. The Balaban J connectivity index is 1.83. The third kappa shape index (κ3) is 2.14. The van der Waals surface area contributed by atoms with Crippen LogP contribution in [0.4, 0.5) is 5.69 Å². The number of ether oxygens (including phenoxy) is 1. The van der Waals surface area contributed by atoms with E-state index in [1.54, 1.807) is 0 Å². The van der Waals surface area contributed by atoms with E-state index in [2.05, 4.69) is 61.0 Å². The molecule has 0 spiro atoms. The van der Waals surface area contributed by atoms with Crippen molar-refractivity contribution >= 4 is 11.9 Å². The topological polar surface area (TPSA) is 12.2 Å². The first kappa shape index (κ1) is 13.6. The van der Waals surface area contributed by atoms with Gasteiger partial charge in [0.2, 0.25) is 5.69 Å². The Labute approximate surface area is 132 Å². The van der Waals surface area contributed by atoms with Crippen LogP contribution in [0, 0.1) is 0 Å². The number of para-hydroxylation sites is 1. The molecule has 0 N–H and O–H groups in total. The van der Waals surface area contributed by atoms with Crippen LogP contribution in [-0.2, 0) is 11.8 Å². The zero-order chi connectivity index (χ0) is 15.2. The van der Waals surface area contributed by atoms with Crippen molar-refractivity contribution in [3.05, 3.63) is 59.2 Å². The average molecular weight is 292 g/mol. The summed E-state index contributed by atoms with van der Waals surface area (Å²) < 4.78 is 8.39. The number of hydrogen-bond acceptors (Lipinski definition) is 1. The molecule has 22 heavy (non-hydrogen) atoms. The van der Waals surface area contributed by atoms with Crippen molar-refractivity contribution in [3.63, 3.8) is 0 Å². The molecule has 0 bridgehead atoms. The summed E-state index contributed by atoms with van der Waals surface area (Å²) in [5.41, 5.74) is 5.48. The summed E-state index contributed by atoms with van der Waals surface area (Å²) in [4.78, 5) is 0. The molecule has 0 atom stereocenters. The molecule has 1 aliphatic heterocycles. The molecule has 0 amide bonds. The lowest BCUT2D eigenvalue weighted by molar-refractivity contribution is -0.476. The minimum Gasteiger partial charge on any atom is -0.435 e. The Morgan fingerprint density at radius 1 is 1.05 bits per heavy atom. The van der Waals surface area contributed by atoms with E-state index in [1.807, 2.05) is 6.07 Å².